The van der Waals surface area contributed by atoms with Gasteiger partial charge in [-0.15, -0.1) is 0 Å². The van der Waals surface area contributed by atoms with E-state index in [9.17, 15) is 8.42 Å². The maximum Gasteiger partial charge on any atom is 0.241 e. The fourth-order valence-electron chi connectivity index (χ4n) is 2.95. The first-order chi connectivity index (χ1) is 11.1. The van der Waals surface area contributed by atoms with E-state index in [2.05, 4.69) is 9.71 Å². The van der Waals surface area contributed by atoms with E-state index in [0.29, 0.717) is 16.4 Å². The van der Waals surface area contributed by atoms with E-state index < -0.39 is 10.0 Å². The molecule has 118 valence electrons. The predicted octanol–water partition coefficient (Wildman–Crippen LogP) is 2.80. The quantitative estimate of drug-likeness (QED) is 0.799. The number of hydrogen-bond acceptors (Lipinski definition) is 4. The smallest absolute Gasteiger partial charge is 0.241 e. The Labute approximate surface area is 134 Å². The van der Waals surface area contributed by atoms with Crippen LogP contribution >= 0.6 is 0 Å². The second kappa shape index (κ2) is 5.47. The van der Waals surface area contributed by atoms with Gasteiger partial charge in [-0.1, -0.05) is 18.2 Å². The number of nitrogens with zero attached hydrogens (tertiary/aromatic N) is 1. The number of sulfonamides is 1. The van der Waals surface area contributed by atoms with Gasteiger partial charge in [-0.25, -0.2) is 18.1 Å². The van der Waals surface area contributed by atoms with Gasteiger partial charge in [-0.2, -0.15) is 0 Å². The van der Waals surface area contributed by atoms with Crippen LogP contribution in [0.3, 0.4) is 0 Å². The molecule has 1 aliphatic rings. The third-order valence-electron chi connectivity index (χ3n) is 4.13. The predicted molar refractivity (Wildman–Crippen MR) is 86.5 cm³/mol. The fraction of sp³-hybridized carbons (Fsp3) is 0.235. The van der Waals surface area contributed by atoms with Gasteiger partial charge in [0, 0.05) is 0 Å². The lowest BCUT2D eigenvalue weighted by Crippen LogP contribution is -2.23. The van der Waals surface area contributed by atoms with Crippen molar-refractivity contribution in [3.05, 3.63) is 59.5 Å². The number of benzene rings is 2. The summed E-state index contributed by atoms with van der Waals surface area (Å²) >= 11 is 0. The maximum absolute atomic E-state index is 12.4. The van der Waals surface area contributed by atoms with Gasteiger partial charge in [0.15, 0.2) is 5.58 Å². The molecular formula is C17H16N2O3S. The molecule has 1 N–H and O–H groups in total. The van der Waals surface area contributed by atoms with Gasteiger partial charge in [0.05, 0.1) is 11.4 Å². The number of hydrogen-bond donors (Lipinski definition) is 1. The number of rotatable bonds is 4. The van der Waals surface area contributed by atoms with Crippen molar-refractivity contribution in [3.8, 4) is 0 Å². The lowest BCUT2D eigenvalue weighted by molar-refractivity contribution is 0.513. The topological polar surface area (TPSA) is 72.2 Å². The zero-order chi connectivity index (χ0) is 15.9. The first kappa shape index (κ1) is 14.4. The second-order valence-corrected chi connectivity index (χ2v) is 7.45. The Kier molecular flexibility index (Phi) is 3.43. The van der Waals surface area contributed by atoms with E-state index in [0.717, 1.165) is 30.3 Å². The molecule has 0 spiro atoms. The molecule has 0 atom stereocenters. The first-order valence-electron chi connectivity index (χ1n) is 7.58. The summed E-state index contributed by atoms with van der Waals surface area (Å²) in [5, 5.41) is 0. The van der Waals surface area contributed by atoms with Crippen LogP contribution in [0.1, 0.15) is 23.4 Å². The van der Waals surface area contributed by atoms with Crippen molar-refractivity contribution in [1.29, 1.82) is 0 Å². The largest absolute Gasteiger partial charge is 0.439 e. The Morgan fingerprint density at radius 3 is 2.78 bits per heavy atom. The molecule has 1 aliphatic carbocycles. The highest BCUT2D eigenvalue weighted by atomic mass is 32.2. The SMILES string of the molecule is O=S(=O)(NCc1nc2ccccc2o1)c1ccc2c(c1)CCC2. The molecule has 0 aliphatic heterocycles. The molecule has 0 saturated heterocycles. The Bertz CT molecular complexity index is 943. The third kappa shape index (κ3) is 2.75. The summed E-state index contributed by atoms with van der Waals surface area (Å²) in [7, 11) is -3.57. The van der Waals surface area contributed by atoms with Crippen molar-refractivity contribution in [2.75, 3.05) is 0 Å². The minimum absolute atomic E-state index is 0.0358. The Hall–Kier alpha value is -2.18. The van der Waals surface area contributed by atoms with E-state index in [-0.39, 0.29) is 6.54 Å². The van der Waals surface area contributed by atoms with E-state index in [1.165, 1.54) is 5.56 Å². The number of aromatic nitrogens is 1. The molecule has 6 heteroatoms. The molecule has 0 amide bonds. The van der Waals surface area contributed by atoms with Crippen molar-refractivity contribution in [2.45, 2.75) is 30.7 Å². The van der Waals surface area contributed by atoms with Crippen LogP contribution < -0.4 is 4.72 Å². The van der Waals surface area contributed by atoms with E-state index in [1.54, 1.807) is 18.2 Å². The van der Waals surface area contributed by atoms with Gasteiger partial charge in [0.1, 0.15) is 5.52 Å². The molecule has 0 saturated carbocycles. The highest BCUT2D eigenvalue weighted by Gasteiger charge is 2.19. The monoisotopic (exact) mass is 328 g/mol. The normalized spacial score (nSPS) is 14.3. The van der Waals surface area contributed by atoms with Crippen LogP contribution in [0.5, 0.6) is 0 Å². The van der Waals surface area contributed by atoms with Gasteiger partial charge in [0.25, 0.3) is 0 Å². The van der Waals surface area contributed by atoms with Gasteiger partial charge >= 0.3 is 0 Å². The highest BCUT2D eigenvalue weighted by molar-refractivity contribution is 7.89. The van der Waals surface area contributed by atoms with Crippen LogP contribution in [0.25, 0.3) is 11.1 Å². The number of oxazole rings is 1. The number of aryl methyl sites for hydroxylation is 2. The Balaban J connectivity index is 1.55. The van der Waals surface area contributed by atoms with E-state index in [1.807, 2.05) is 24.3 Å². The average molecular weight is 328 g/mol. The van der Waals surface area contributed by atoms with Crippen LogP contribution in [0.4, 0.5) is 0 Å². The molecule has 3 aromatic rings. The van der Waals surface area contributed by atoms with Crippen LogP contribution in [0.2, 0.25) is 0 Å². The number of fused-ring (bicyclic) bond motifs is 2. The maximum atomic E-state index is 12.4. The minimum atomic E-state index is -3.57. The van der Waals surface area contributed by atoms with Crippen LogP contribution in [-0.4, -0.2) is 13.4 Å². The lowest BCUT2D eigenvalue weighted by atomic mass is 10.1. The molecule has 0 fully saturated rings. The van der Waals surface area contributed by atoms with Gasteiger partial charge in [-0.3, -0.25) is 0 Å². The van der Waals surface area contributed by atoms with Crippen LogP contribution in [0.15, 0.2) is 51.8 Å². The third-order valence-corrected chi connectivity index (χ3v) is 5.53. The molecular weight excluding hydrogens is 312 g/mol. The van der Waals surface area contributed by atoms with Crippen LogP contribution in [-0.2, 0) is 29.4 Å². The first-order valence-corrected chi connectivity index (χ1v) is 9.06. The zero-order valence-electron chi connectivity index (χ0n) is 12.5. The zero-order valence-corrected chi connectivity index (χ0v) is 13.3. The van der Waals surface area contributed by atoms with Gasteiger partial charge < -0.3 is 4.42 Å². The van der Waals surface area contributed by atoms with Crippen molar-refractivity contribution >= 4 is 21.1 Å². The summed E-state index contributed by atoms with van der Waals surface area (Å²) in [4.78, 5) is 4.57. The van der Waals surface area contributed by atoms with Crippen molar-refractivity contribution < 1.29 is 12.8 Å². The standard InChI is InChI=1S/C17H16N2O3S/c20-23(21,14-9-8-12-4-3-5-13(12)10-14)18-11-17-19-15-6-1-2-7-16(15)22-17/h1-2,6-10,18H,3-5,11H2. The molecule has 0 unspecified atom stereocenters. The minimum Gasteiger partial charge on any atom is -0.439 e. The molecule has 23 heavy (non-hydrogen) atoms. The van der Waals surface area contributed by atoms with Gasteiger partial charge in [-0.05, 0) is 54.7 Å². The molecule has 4 rings (SSSR count). The summed E-state index contributed by atoms with van der Waals surface area (Å²) < 4.78 is 33.0. The molecule has 5 nitrogen and oxygen atoms in total. The molecule has 0 bridgehead atoms. The van der Waals surface area contributed by atoms with Gasteiger partial charge in [0.2, 0.25) is 15.9 Å². The summed E-state index contributed by atoms with van der Waals surface area (Å²) in [6, 6.07) is 12.7. The summed E-state index contributed by atoms with van der Waals surface area (Å²) in [5.41, 5.74) is 3.76. The second-order valence-electron chi connectivity index (χ2n) is 5.68. The summed E-state index contributed by atoms with van der Waals surface area (Å²) in [6.07, 6.45) is 3.07. The molecule has 2 aromatic carbocycles. The summed E-state index contributed by atoms with van der Waals surface area (Å²) in [6.45, 7) is 0.0358. The number of nitrogens with one attached hydrogen (secondary N) is 1. The molecule has 1 heterocycles. The average Bonchev–Trinajstić information content (AvgIpc) is 3.18. The highest BCUT2D eigenvalue weighted by Crippen LogP contribution is 2.24. The lowest BCUT2D eigenvalue weighted by Gasteiger charge is -2.07. The van der Waals surface area contributed by atoms with Crippen molar-refractivity contribution in [3.63, 3.8) is 0 Å². The Morgan fingerprint density at radius 2 is 1.91 bits per heavy atom. The van der Waals surface area contributed by atoms with E-state index in [4.69, 9.17) is 4.42 Å². The Morgan fingerprint density at radius 1 is 1.09 bits per heavy atom. The van der Waals surface area contributed by atoms with Crippen LogP contribution in [0, 0.1) is 0 Å². The molecule has 0 radical (unpaired) electrons. The fourth-order valence-corrected chi connectivity index (χ4v) is 3.98. The summed E-state index contributed by atoms with van der Waals surface area (Å²) in [5.74, 6) is 0.357. The van der Waals surface area contributed by atoms with Crippen molar-refractivity contribution in [2.24, 2.45) is 0 Å². The molecule has 1 aromatic heterocycles. The number of para-hydroxylation sites is 2. The van der Waals surface area contributed by atoms with E-state index >= 15 is 0 Å². The van der Waals surface area contributed by atoms with Crippen molar-refractivity contribution in [1.82, 2.24) is 9.71 Å².